The van der Waals surface area contributed by atoms with Crippen LogP contribution in [0.25, 0.3) is 6.08 Å². The fourth-order valence-electron chi connectivity index (χ4n) is 2.45. The van der Waals surface area contributed by atoms with Crippen molar-refractivity contribution in [3.05, 3.63) is 42.0 Å². The van der Waals surface area contributed by atoms with Gasteiger partial charge in [0.05, 0.1) is 8.07 Å². The summed E-state index contributed by atoms with van der Waals surface area (Å²) in [6.45, 7) is 7.17. The average molecular weight is 246 g/mol. The van der Waals surface area contributed by atoms with E-state index < -0.39 is 8.07 Å². The molecule has 0 unspecified atom stereocenters. The molecule has 94 valence electrons. The van der Waals surface area contributed by atoms with Crippen molar-refractivity contribution in [3.63, 3.8) is 0 Å². The third kappa shape index (κ3) is 4.51. The maximum atomic E-state index is 2.39. The topological polar surface area (TPSA) is 0 Å². The van der Waals surface area contributed by atoms with E-state index in [2.05, 4.69) is 63.3 Å². The molecule has 0 aliphatic heterocycles. The van der Waals surface area contributed by atoms with Crippen LogP contribution in [0.2, 0.25) is 24.2 Å². The zero-order valence-electron chi connectivity index (χ0n) is 11.6. The number of hydrogen-bond acceptors (Lipinski definition) is 0. The number of benzene rings is 1. The number of hydrogen-bond donors (Lipinski definition) is 0. The van der Waals surface area contributed by atoms with E-state index in [1.165, 1.54) is 36.2 Å². The molecule has 0 nitrogen and oxygen atoms in total. The van der Waals surface area contributed by atoms with E-state index in [1.54, 1.807) is 0 Å². The Labute approximate surface area is 108 Å². The van der Waals surface area contributed by atoms with Crippen molar-refractivity contribution >= 4 is 14.1 Å². The highest BCUT2D eigenvalue weighted by atomic mass is 28.3. The third-order valence-electron chi connectivity index (χ3n) is 4.20. The molecule has 1 rings (SSSR count). The molecule has 0 radical (unpaired) electrons. The SMILES string of the molecule is CC[Si](CC)(CC)CC/C=C/c1ccccc1. The highest BCUT2D eigenvalue weighted by molar-refractivity contribution is 6.79. The zero-order valence-corrected chi connectivity index (χ0v) is 12.6. The van der Waals surface area contributed by atoms with Gasteiger partial charge in [0.15, 0.2) is 0 Å². The minimum absolute atomic E-state index is 0.907. The molecule has 0 heterocycles. The Kier molecular flexibility index (Phi) is 6.28. The third-order valence-corrected chi connectivity index (χ3v) is 10.1. The summed E-state index contributed by atoms with van der Waals surface area (Å²) >= 11 is 0. The predicted octanol–water partition coefficient (Wildman–Crippen LogP) is 5.60. The van der Waals surface area contributed by atoms with Gasteiger partial charge in [-0.3, -0.25) is 0 Å². The van der Waals surface area contributed by atoms with Crippen molar-refractivity contribution in [2.45, 2.75) is 51.4 Å². The Morgan fingerprint density at radius 1 is 0.941 bits per heavy atom. The average Bonchev–Trinajstić information content (AvgIpc) is 2.41. The summed E-state index contributed by atoms with van der Waals surface area (Å²) in [5, 5.41) is 0. The predicted molar refractivity (Wildman–Crippen MR) is 82.1 cm³/mol. The van der Waals surface area contributed by atoms with Gasteiger partial charge in [-0.15, -0.1) is 0 Å². The van der Waals surface area contributed by atoms with Gasteiger partial charge in [0.1, 0.15) is 0 Å². The first-order valence-electron chi connectivity index (χ1n) is 6.98. The lowest BCUT2D eigenvalue weighted by molar-refractivity contribution is 1.05. The monoisotopic (exact) mass is 246 g/mol. The van der Waals surface area contributed by atoms with Gasteiger partial charge < -0.3 is 0 Å². The molecule has 1 aromatic rings. The smallest absolute Gasteiger partial charge is 0.0530 e. The van der Waals surface area contributed by atoms with Crippen molar-refractivity contribution in [3.8, 4) is 0 Å². The highest BCUT2D eigenvalue weighted by Gasteiger charge is 2.24. The Morgan fingerprint density at radius 3 is 2.06 bits per heavy atom. The lowest BCUT2D eigenvalue weighted by Gasteiger charge is -2.27. The van der Waals surface area contributed by atoms with Gasteiger partial charge >= 0.3 is 0 Å². The van der Waals surface area contributed by atoms with Gasteiger partial charge in [0.2, 0.25) is 0 Å². The molecule has 0 saturated heterocycles. The van der Waals surface area contributed by atoms with E-state index in [0.717, 1.165) is 0 Å². The van der Waals surface area contributed by atoms with Crippen LogP contribution in [0.4, 0.5) is 0 Å². The molecule has 0 spiro atoms. The molecule has 0 amide bonds. The summed E-state index contributed by atoms with van der Waals surface area (Å²) < 4.78 is 0. The Hall–Kier alpha value is -0.823. The second-order valence-electron chi connectivity index (χ2n) is 4.91. The van der Waals surface area contributed by atoms with Crippen LogP contribution in [0.1, 0.15) is 32.8 Å². The van der Waals surface area contributed by atoms with Crippen molar-refractivity contribution in [2.75, 3.05) is 0 Å². The summed E-state index contributed by atoms with van der Waals surface area (Å²) in [4.78, 5) is 0. The molecular formula is C16H26Si. The van der Waals surface area contributed by atoms with Crippen LogP contribution in [0, 0.1) is 0 Å². The Bertz CT molecular complexity index is 314. The van der Waals surface area contributed by atoms with E-state index >= 15 is 0 Å². The first kappa shape index (κ1) is 14.2. The van der Waals surface area contributed by atoms with E-state index in [4.69, 9.17) is 0 Å². The van der Waals surface area contributed by atoms with Crippen LogP contribution in [-0.4, -0.2) is 8.07 Å². The summed E-state index contributed by atoms with van der Waals surface area (Å²) in [7, 11) is -0.907. The molecule has 0 fully saturated rings. The molecule has 1 aromatic carbocycles. The van der Waals surface area contributed by atoms with Gasteiger partial charge in [0, 0.05) is 0 Å². The van der Waals surface area contributed by atoms with Gasteiger partial charge in [0.25, 0.3) is 0 Å². The number of rotatable bonds is 7. The molecule has 0 N–H and O–H groups in total. The summed E-state index contributed by atoms with van der Waals surface area (Å²) in [5.41, 5.74) is 1.32. The summed E-state index contributed by atoms with van der Waals surface area (Å²) in [6.07, 6.45) is 5.88. The maximum Gasteiger partial charge on any atom is 0.0530 e. The Morgan fingerprint density at radius 2 is 1.53 bits per heavy atom. The van der Waals surface area contributed by atoms with Crippen molar-refractivity contribution in [2.24, 2.45) is 0 Å². The van der Waals surface area contributed by atoms with Crippen LogP contribution in [-0.2, 0) is 0 Å². The van der Waals surface area contributed by atoms with Crippen molar-refractivity contribution < 1.29 is 0 Å². The minimum atomic E-state index is -0.907. The molecule has 17 heavy (non-hydrogen) atoms. The normalized spacial score (nSPS) is 12.2. The van der Waals surface area contributed by atoms with Gasteiger partial charge in [-0.2, -0.15) is 0 Å². The molecule has 0 bridgehead atoms. The van der Waals surface area contributed by atoms with Crippen LogP contribution >= 0.6 is 0 Å². The molecule has 0 aliphatic rings. The van der Waals surface area contributed by atoms with Gasteiger partial charge in [-0.1, -0.05) is 87.4 Å². The second-order valence-corrected chi connectivity index (χ2v) is 10.5. The quantitative estimate of drug-likeness (QED) is 0.549. The lowest BCUT2D eigenvalue weighted by atomic mass is 10.2. The van der Waals surface area contributed by atoms with Gasteiger partial charge in [-0.25, -0.2) is 0 Å². The van der Waals surface area contributed by atoms with Gasteiger partial charge in [-0.05, 0) is 12.0 Å². The fraction of sp³-hybridized carbons (Fsp3) is 0.500. The van der Waals surface area contributed by atoms with Crippen LogP contribution in [0.15, 0.2) is 36.4 Å². The summed E-state index contributed by atoms with van der Waals surface area (Å²) in [5.74, 6) is 0. The second kappa shape index (κ2) is 7.49. The molecule has 0 saturated carbocycles. The van der Waals surface area contributed by atoms with Crippen LogP contribution in [0.5, 0.6) is 0 Å². The minimum Gasteiger partial charge on any atom is -0.0842 e. The number of allylic oxidation sites excluding steroid dienone is 1. The summed E-state index contributed by atoms with van der Waals surface area (Å²) in [6, 6.07) is 16.4. The standard InChI is InChI=1S/C16H26Si/c1-4-17(5-2,6-3)15-11-10-14-16-12-8-7-9-13-16/h7-10,12-14H,4-6,11,15H2,1-3H3/b14-10+. The van der Waals surface area contributed by atoms with Crippen molar-refractivity contribution in [1.82, 2.24) is 0 Å². The molecular weight excluding hydrogens is 220 g/mol. The highest BCUT2D eigenvalue weighted by Crippen LogP contribution is 2.26. The molecule has 0 aromatic heterocycles. The van der Waals surface area contributed by atoms with Crippen molar-refractivity contribution in [1.29, 1.82) is 0 Å². The van der Waals surface area contributed by atoms with Crippen LogP contribution in [0.3, 0.4) is 0 Å². The van der Waals surface area contributed by atoms with E-state index in [1.807, 2.05) is 0 Å². The molecule has 1 heteroatoms. The van der Waals surface area contributed by atoms with E-state index in [-0.39, 0.29) is 0 Å². The lowest BCUT2D eigenvalue weighted by Crippen LogP contribution is -2.30. The first-order chi connectivity index (χ1) is 8.26. The Balaban J connectivity index is 2.44. The van der Waals surface area contributed by atoms with E-state index in [0.29, 0.717) is 0 Å². The fourth-order valence-corrected chi connectivity index (χ4v) is 5.79. The molecule has 0 aliphatic carbocycles. The first-order valence-corrected chi connectivity index (χ1v) is 9.80. The zero-order chi connectivity index (χ0) is 12.6. The molecule has 0 atom stereocenters. The van der Waals surface area contributed by atoms with E-state index in [9.17, 15) is 0 Å². The van der Waals surface area contributed by atoms with Crippen LogP contribution < -0.4 is 0 Å². The largest absolute Gasteiger partial charge is 0.0842 e. The maximum absolute atomic E-state index is 2.39.